The highest BCUT2D eigenvalue weighted by atomic mass is 79.9. The summed E-state index contributed by atoms with van der Waals surface area (Å²) in [5.74, 6) is 0. The summed E-state index contributed by atoms with van der Waals surface area (Å²) in [7, 11) is 0. The summed E-state index contributed by atoms with van der Waals surface area (Å²) in [6.07, 6.45) is 3.34. The first kappa shape index (κ1) is 10.2. The third kappa shape index (κ3) is 2.09. The molecule has 1 N–H and O–H groups in total. The molecular weight excluding hydrogens is 284 g/mol. The lowest BCUT2D eigenvalue weighted by Crippen LogP contribution is -2.10. The zero-order valence-electron chi connectivity index (χ0n) is 6.94. The molecule has 1 rings (SSSR count). The van der Waals surface area contributed by atoms with Gasteiger partial charge in [-0.15, -0.1) is 0 Å². The van der Waals surface area contributed by atoms with Crippen LogP contribution < -0.4 is 0 Å². The predicted octanol–water partition coefficient (Wildman–Crippen LogP) is 3.25. The van der Waals surface area contributed by atoms with Gasteiger partial charge in [0.2, 0.25) is 0 Å². The van der Waals surface area contributed by atoms with Crippen LogP contribution in [0.2, 0.25) is 0 Å². The van der Waals surface area contributed by atoms with Gasteiger partial charge in [0, 0.05) is 8.96 Å². The van der Waals surface area contributed by atoms with Crippen molar-refractivity contribution in [1.82, 2.24) is 0 Å². The maximum atomic E-state index is 9.49. The van der Waals surface area contributed by atoms with E-state index in [4.69, 9.17) is 0 Å². The van der Waals surface area contributed by atoms with Gasteiger partial charge in [-0.2, -0.15) is 0 Å². The van der Waals surface area contributed by atoms with Crippen LogP contribution in [0.1, 0.15) is 13.8 Å². The maximum Gasteiger partial charge on any atom is 0.117 e. The molecule has 12 heavy (non-hydrogen) atoms. The van der Waals surface area contributed by atoms with Crippen molar-refractivity contribution in [3.63, 3.8) is 0 Å². The quantitative estimate of drug-likeness (QED) is 0.727. The molecule has 0 fully saturated rings. The molecule has 0 bridgehead atoms. The van der Waals surface area contributed by atoms with Crippen molar-refractivity contribution in [2.24, 2.45) is 0 Å². The average molecular weight is 294 g/mol. The largest absolute Gasteiger partial charge is 0.383 e. The van der Waals surface area contributed by atoms with Gasteiger partial charge in [-0.05, 0) is 31.6 Å². The van der Waals surface area contributed by atoms with Gasteiger partial charge in [-0.25, -0.2) is 0 Å². The molecule has 0 unspecified atom stereocenters. The van der Waals surface area contributed by atoms with Crippen LogP contribution in [0, 0.1) is 0 Å². The molecule has 0 aliphatic heterocycles. The molecule has 1 aliphatic rings. The maximum absolute atomic E-state index is 9.49. The highest BCUT2D eigenvalue weighted by Gasteiger charge is 2.16. The van der Waals surface area contributed by atoms with Gasteiger partial charge >= 0.3 is 0 Å². The number of hydrogen-bond donors (Lipinski definition) is 1. The van der Waals surface area contributed by atoms with E-state index >= 15 is 0 Å². The molecule has 0 radical (unpaired) electrons. The van der Waals surface area contributed by atoms with Gasteiger partial charge < -0.3 is 5.11 Å². The minimum Gasteiger partial charge on any atom is -0.383 e. The van der Waals surface area contributed by atoms with Crippen molar-refractivity contribution in [2.75, 3.05) is 0 Å². The molecule has 66 valence electrons. The number of halogens is 2. The zero-order chi connectivity index (χ0) is 9.30. The van der Waals surface area contributed by atoms with Crippen LogP contribution in [-0.2, 0) is 0 Å². The van der Waals surface area contributed by atoms with Crippen LogP contribution in [0.5, 0.6) is 0 Å². The molecule has 1 nitrogen and oxygen atoms in total. The number of aliphatic hydroxyl groups is 1. The molecule has 3 heteroatoms. The first-order valence-corrected chi connectivity index (χ1v) is 5.20. The Hall–Kier alpha value is 0.140. The highest BCUT2D eigenvalue weighted by molar-refractivity contribution is 9.12. The summed E-state index contributed by atoms with van der Waals surface area (Å²) in [5.41, 5.74) is 2.37. The normalized spacial score (nSPS) is 23.4. The number of aliphatic hydroxyl groups excluding tert-OH is 1. The van der Waals surface area contributed by atoms with Crippen molar-refractivity contribution in [1.29, 1.82) is 0 Å². The van der Waals surface area contributed by atoms with Crippen molar-refractivity contribution in [3.8, 4) is 0 Å². The fourth-order valence-electron chi connectivity index (χ4n) is 0.917. The second-order valence-electron chi connectivity index (χ2n) is 2.92. The fraction of sp³-hybridized carbons (Fsp3) is 0.333. The molecule has 0 aromatic carbocycles. The van der Waals surface area contributed by atoms with E-state index in [-0.39, 0.29) is 0 Å². The number of allylic oxidation sites excluding steroid dienone is 4. The van der Waals surface area contributed by atoms with E-state index in [2.05, 4.69) is 31.9 Å². The molecule has 0 saturated carbocycles. The summed E-state index contributed by atoms with van der Waals surface area (Å²) in [6.45, 7) is 4.08. The van der Waals surface area contributed by atoms with E-state index in [9.17, 15) is 5.11 Å². The first-order chi connectivity index (χ1) is 5.52. The van der Waals surface area contributed by atoms with Gasteiger partial charge in [0.05, 0.1) is 0 Å². The third-order valence-electron chi connectivity index (χ3n) is 1.69. The molecule has 0 amide bonds. The van der Waals surface area contributed by atoms with Crippen molar-refractivity contribution < 1.29 is 5.11 Å². The average Bonchev–Trinajstić information content (AvgIpc) is 1.99. The van der Waals surface area contributed by atoms with Crippen LogP contribution >= 0.6 is 31.9 Å². The fourth-order valence-corrected chi connectivity index (χ4v) is 2.21. The molecule has 0 spiro atoms. The standard InChI is InChI=1S/C9H10Br2O/c1-5(2)6-3-7(10)9(12)8(11)4-6/h3-4,9,12H,1-2H3. The highest BCUT2D eigenvalue weighted by Crippen LogP contribution is 2.30. The van der Waals surface area contributed by atoms with Gasteiger partial charge in [0.1, 0.15) is 6.10 Å². The molecule has 1 aliphatic carbocycles. The third-order valence-corrected chi connectivity index (χ3v) is 3.01. The Kier molecular flexibility index (Phi) is 3.32. The second kappa shape index (κ2) is 3.90. The SMILES string of the molecule is CC(C)=C1C=C(Br)C(O)C(Br)=C1. The lowest BCUT2D eigenvalue weighted by molar-refractivity contribution is 0.265. The lowest BCUT2D eigenvalue weighted by atomic mass is 10.0. The smallest absolute Gasteiger partial charge is 0.117 e. The molecule has 0 aromatic heterocycles. The van der Waals surface area contributed by atoms with E-state index in [1.165, 1.54) is 5.57 Å². The van der Waals surface area contributed by atoms with E-state index < -0.39 is 6.10 Å². The Morgan fingerprint density at radius 1 is 1.25 bits per heavy atom. The minimum atomic E-state index is -0.534. The zero-order valence-corrected chi connectivity index (χ0v) is 10.1. The van der Waals surface area contributed by atoms with E-state index in [1.54, 1.807) is 0 Å². The minimum absolute atomic E-state index is 0.534. The van der Waals surface area contributed by atoms with Crippen molar-refractivity contribution >= 4 is 31.9 Å². The van der Waals surface area contributed by atoms with Gasteiger partial charge in [0.25, 0.3) is 0 Å². The molecule has 0 saturated heterocycles. The Morgan fingerprint density at radius 3 is 2.00 bits per heavy atom. The monoisotopic (exact) mass is 292 g/mol. The van der Waals surface area contributed by atoms with Crippen molar-refractivity contribution in [2.45, 2.75) is 20.0 Å². The van der Waals surface area contributed by atoms with Crippen LogP contribution in [0.25, 0.3) is 0 Å². The van der Waals surface area contributed by atoms with E-state index in [1.807, 2.05) is 26.0 Å². The van der Waals surface area contributed by atoms with Gasteiger partial charge in [0.15, 0.2) is 0 Å². The molecular formula is C9H10Br2O. The Bertz CT molecular complexity index is 261. The number of rotatable bonds is 0. The molecule has 0 aromatic rings. The molecule has 0 atom stereocenters. The predicted molar refractivity (Wildman–Crippen MR) is 58.4 cm³/mol. The van der Waals surface area contributed by atoms with Crippen molar-refractivity contribution in [3.05, 3.63) is 32.3 Å². The summed E-state index contributed by atoms with van der Waals surface area (Å²) >= 11 is 6.62. The van der Waals surface area contributed by atoms with Crippen LogP contribution in [0.15, 0.2) is 32.3 Å². The topological polar surface area (TPSA) is 20.2 Å². The number of hydrogen-bond acceptors (Lipinski definition) is 1. The summed E-state index contributed by atoms with van der Waals surface area (Å²) < 4.78 is 1.60. The van der Waals surface area contributed by atoms with Crippen LogP contribution in [-0.4, -0.2) is 11.2 Å². The Labute approximate surface area is 89.1 Å². The summed E-state index contributed by atoms with van der Waals surface area (Å²) in [5, 5.41) is 9.49. The van der Waals surface area contributed by atoms with Gasteiger partial charge in [-0.3, -0.25) is 0 Å². The summed E-state index contributed by atoms with van der Waals surface area (Å²) in [4.78, 5) is 0. The van der Waals surface area contributed by atoms with E-state index in [0.29, 0.717) is 0 Å². The molecule has 0 heterocycles. The van der Waals surface area contributed by atoms with Gasteiger partial charge in [-0.1, -0.05) is 37.4 Å². The first-order valence-electron chi connectivity index (χ1n) is 3.62. The summed E-state index contributed by atoms with van der Waals surface area (Å²) in [6, 6.07) is 0. The van der Waals surface area contributed by atoms with Crippen LogP contribution in [0.3, 0.4) is 0 Å². The Balaban J connectivity index is 3.08. The van der Waals surface area contributed by atoms with E-state index in [0.717, 1.165) is 14.5 Å². The second-order valence-corrected chi connectivity index (χ2v) is 4.75. The van der Waals surface area contributed by atoms with Crippen LogP contribution in [0.4, 0.5) is 0 Å². The Morgan fingerprint density at radius 2 is 1.67 bits per heavy atom. The lowest BCUT2D eigenvalue weighted by Gasteiger charge is -2.15.